The van der Waals surface area contributed by atoms with Gasteiger partial charge in [-0.3, -0.25) is 9.59 Å². The van der Waals surface area contributed by atoms with Gasteiger partial charge in [-0.1, -0.05) is 16.6 Å². The van der Waals surface area contributed by atoms with E-state index in [2.05, 4.69) is 9.59 Å². The fraction of sp³-hybridized carbons (Fsp3) is 0.143. The molecule has 8 heteroatoms. The third-order valence-corrected chi connectivity index (χ3v) is 5.06. The molecule has 2 aromatic carbocycles. The number of Topliss-reactive ketones (excluding diaryl/α,β-unsaturated/α-hetero) is 1. The first-order valence-electron chi connectivity index (χ1n) is 8.93. The molecule has 4 rings (SSSR count). The summed E-state index contributed by atoms with van der Waals surface area (Å²) in [6.45, 7) is 0.0983. The lowest BCUT2D eigenvalue weighted by molar-refractivity contribution is 0.0904. The van der Waals surface area contributed by atoms with Gasteiger partial charge in [-0.2, -0.15) is 0 Å². The predicted octanol–water partition coefficient (Wildman–Crippen LogP) is 2.77. The van der Waals surface area contributed by atoms with E-state index in [4.69, 9.17) is 9.84 Å². The first-order valence-corrected chi connectivity index (χ1v) is 9.77. The lowest BCUT2D eigenvalue weighted by Gasteiger charge is -2.10. The number of hydrogen-bond acceptors (Lipinski definition) is 7. The molecule has 0 aliphatic carbocycles. The second kappa shape index (κ2) is 8.34. The predicted molar refractivity (Wildman–Crippen MR) is 110 cm³/mol. The average molecular weight is 407 g/mol. The molecule has 0 fully saturated rings. The third kappa shape index (κ3) is 4.08. The van der Waals surface area contributed by atoms with Gasteiger partial charge in [-0.05, 0) is 53.3 Å². The SMILES string of the molecule is O=C(CO)c1ccc2ccn(CCOc3ccc(-c4csnn4)cc3)c(=O)c2c1. The molecule has 0 saturated heterocycles. The smallest absolute Gasteiger partial charge is 0.258 e. The Kier molecular flexibility index (Phi) is 5.46. The van der Waals surface area contributed by atoms with Crippen molar-refractivity contribution in [1.29, 1.82) is 0 Å². The van der Waals surface area contributed by atoms with Gasteiger partial charge in [0.1, 0.15) is 24.7 Å². The van der Waals surface area contributed by atoms with Crippen LogP contribution in [0.4, 0.5) is 0 Å². The minimum absolute atomic E-state index is 0.204. The molecule has 0 spiro atoms. The maximum absolute atomic E-state index is 12.7. The lowest BCUT2D eigenvalue weighted by Crippen LogP contribution is -2.23. The zero-order valence-corrected chi connectivity index (χ0v) is 16.1. The topological polar surface area (TPSA) is 94.3 Å². The first-order chi connectivity index (χ1) is 14.2. The van der Waals surface area contributed by atoms with Gasteiger partial charge in [0.05, 0.1) is 6.54 Å². The van der Waals surface area contributed by atoms with Crippen LogP contribution >= 0.6 is 11.5 Å². The summed E-state index contributed by atoms with van der Waals surface area (Å²) in [5.74, 6) is 0.281. The maximum Gasteiger partial charge on any atom is 0.258 e. The summed E-state index contributed by atoms with van der Waals surface area (Å²) in [6, 6.07) is 14.2. The number of benzene rings is 2. The molecule has 1 N–H and O–H groups in total. The second-order valence-electron chi connectivity index (χ2n) is 6.36. The van der Waals surface area contributed by atoms with E-state index in [1.807, 2.05) is 35.7 Å². The maximum atomic E-state index is 12.7. The van der Waals surface area contributed by atoms with E-state index in [0.29, 0.717) is 29.9 Å². The van der Waals surface area contributed by atoms with Crippen molar-refractivity contribution in [3.05, 3.63) is 76.0 Å². The summed E-state index contributed by atoms with van der Waals surface area (Å²) >= 11 is 1.30. The van der Waals surface area contributed by atoms with E-state index in [-0.39, 0.29) is 5.56 Å². The molecule has 2 heterocycles. The van der Waals surface area contributed by atoms with Crippen LogP contribution in [0.3, 0.4) is 0 Å². The number of pyridine rings is 1. The Morgan fingerprint density at radius 3 is 2.69 bits per heavy atom. The fourth-order valence-electron chi connectivity index (χ4n) is 2.99. The molecule has 0 bridgehead atoms. The van der Waals surface area contributed by atoms with E-state index in [0.717, 1.165) is 16.6 Å². The number of rotatable bonds is 7. The average Bonchev–Trinajstić information content (AvgIpc) is 3.30. The van der Waals surface area contributed by atoms with Gasteiger partial charge in [0.25, 0.3) is 5.56 Å². The Labute approximate surface area is 170 Å². The molecule has 2 aromatic heterocycles. The van der Waals surface area contributed by atoms with Crippen LogP contribution in [-0.4, -0.2) is 38.3 Å². The highest BCUT2D eigenvalue weighted by atomic mass is 32.1. The minimum atomic E-state index is -0.585. The summed E-state index contributed by atoms with van der Waals surface area (Å²) in [4.78, 5) is 24.4. The van der Waals surface area contributed by atoms with Gasteiger partial charge in [0, 0.05) is 28.1 Å². The van der Waals surface area contributed by atoms with E-state index >= 15 is 0 Å². The molecule has 29 heavy (non-hydrogen) atoms. The van der Waals surface area contributed by atoms with Crippen molar-refractivity contribution < 1.29 is 14.6 Å². The molecular formula is C21H17N3O4S. The zero-order valence-electron chi connectivity index (χ0n) is 15.3. The van der Waals surface area contributed by atoms with Crippen molar-refractivity contribution in [1.82, 2.24) is 14.2 Å². The number of aliphatic hydroxyl groups is 1. The number of ketones is 1. The van der Waals surface area contributed by atoms with Gasteiger partial charge in [-0.15, -0.1) is 5.10 Å². The van der Waals surface area contributed by atoms with Crippen LogP contribution in [-0.2, 0) is 6.54 Å². The monoisotopic (exact) mass is 407 g/mol. The van der Waals surface area contributed by atoms with Crippen molar-refractivity contribution in [2.45, 2.75) is 6.54 Å². The second-order valence-corrected chi connectivity index (χ2v) is 6.97. The summed E-state index contributed by atoms with van der Waals surface area (Å²) in [5.41, 5.74) is 1.90. The van der Waals surface area contributed by atoms with Crippen LogP contribution in [0.5, 0.6) is 5.75 Å². The van der Waals surface area contributed by atoms with Crippen molar-refractivity contribution in [2.24, 2.45) is 0 Å². The molecule has 0 amide bonds. The molecular weight excluding hydrogens is 390 g/mol. The quantitative estimate of drug-likeness (QED) is 0.474. The van der Waals surface area contributed by atoms with Crippen LogP contribution in [0, 0.1) is 0 Å². The van der Waals surface area contributed by atoms with Gasteiger partial charge < -0.3 is 14.4 Å². The number of fused-ring (bicyclic) bond motifs is 1. The normalized spacial score (nSPS) is 10.9. The Bertz CT molecular complexity index is 1200. The van der Waals surface area contributed by atoms with Crippen LogP contribution in [0.15, 0.2) is 64.9 Å². The Morgan fingerprint density at radius 2 is 1.97 bits per heavy atom. The molecule has 0 atom stereocenters. The van der Waals surface area contributed by atoms with Crippen molar-refractivity contribution in [3.8, 4) is 17.0 Å². The van der Waals surface area contributed by atoms with E-state index in [9.17, 15) is 9.59 Å². The lowest BCUT2D eigenvalue weighted by atomic mass is 10.1. The van der Waals surface area contributed by atoms with Crippen molar-refractivity contribution in [3.63, 3.8) is 0 Å². The number of carbonyl (C=O) groups is 1. The summed E-state index contributed by atoms with van der Waals surface area (Å²) in [7, 11) is 0. The standard InChI is InChI=1S/C21H17N3O4S/c25-12-20(26)16-2-1-14-7-8-24(21(27)18(14)11-16)9-10-28-17-5-3-15(4-6-17)19-13-29-23-22-19/h1-8,11,13,25H,9-10,12H2. The summed E-state index contributed by atoms with van der Waals surface area (Å²) in [6.07, 6.45) is 1.71. The highest BCUT2D eigenvalue weighted by Crippen LogP contribution is 2.21. The van der Waals surface area contributed by atoms with Crippen LogP contribution in [0.2, 0.25) is 0 Å². The van der Waals surface area contributed by atoms with E-state index in [1.54, 1.807) is 22.9 Å². The highest BCUT2D eigenvalue weighted by Gasteiger charge is 2.09. The number of hydrogen-bond donors (Lipinski definition) is 1. The number of aromatic nitrogens is 3. The minimum Gasteiger partial charge on any atom is -0.492 e. The first kappa shape index (κ1) is 19.0. The number of aliphatic hydroxyl groups excluding tert-OH is 1. The molecule has 146 valence electrons. The van der Waals surface area contributed by atoms with E-state index in [1.165, 1.54) is 17.6 Å². The van der Waals surface area contributed by atoms with Gasteiger partial charge in [0.2, 0.25) is 0 Å². The van der Waals surface area contributed by atoms with Gasteiger partial charge in [0.15, 0.2) is 5.78 Å². The summed E-state index contributed by atoms with van der Waals surface area (Å²) in [5, 5.41) is 16.1. The summed E-state index contributed by atoms with van der Waals surface area (Å²) < 4.78 is 11.1. The van der Waals surface area contributed by atoms with Crippen LogP contribution < -0.4 is 10.3 Å². The Balaban J connectivity index is 1.46. The number of ether oxygens (including phenoxy) is 1. The molecule has 0 aliphatic heterocycles. The highest BCUT2D eigenvalue weighted by molar-refractivity contribution is 7.03. The van der Waals surface area contributed by atoms with Gasteiger partial charge in [-0.25, -0.2) is 0 Å². The zero-order chi connectivity index (χ0) is 20.2. The van der Waals surface area contributed by atoms with E-state index < -0.39 is 12.4 Å². The third-order valence-electron chi connectivity index (χ3n) is 4.56. The number of nitrogens with zero attached hydrogens (tertiary/aromatic N) is 3. The molecule has 0 aliphatic rings. The van der Waals surface area contributed by atoms with Crippen LogP contribution in [0.1, 0.15) is 10.4 Å². The fourth-order valence-corrected chi connectivity index (χ4v) is 3.46. The number of carbonyl (C=O) groups excluding carboxylic acids is 1. The molecule has 7 nitrogen and oxygen atoms in total. The Hall–Kier alpha value is -3.36. The Morgan fingerprint density at radius 1 is 1.14 bits per heavy atom. The van der Waals surface area contributed by atoms with Crippen molar-refractivity contribution >= 4 is 28.1 Å². The molecule has 0 saturated carbocycles. The molecule has 0 unspecified atom stereocenters. The van der Waals surface area contributed by atoms with Gasteiger partial charge >= 0.3 is 0 Å². The largest absolute Gasteiger partial charge is 0.492 e. The van der Waals surface area contributed by atoms with Crippen molar-refractivity contribution in [2.75, 3.05) is 13.2 Å². The molecule has 0 radical (unpaired) electrons. The molecule has 4 aromatic rings. The van der Waals surface area contributed by atoms with Crippen LogP contribution in [0.25, 0.3) is 22.0 Å².